The van der Waals surface area contributed by atoms with Crippen molar-refractivity contribution in [2.45, 2.75) is 25.4 Å². The Kier molecular flexibility index (Phi) is 10.5. The lowest BCUT2D eigenvalue weighted by atomic mass is 10.0. The largest absolute Gasteiger partial charge is 0.379 e. The number of rotatable bonds is 8. The molecule has 1 fully saturated rings. The molecule has 0 radical (unpaired) electrons. The molecule has 0 saturated carbocycles. The van der Waals surface area contributed by atoms with Gasteiger partial charge in [0.1, 0.15) is 0 Å². The monoisotopic (exact) mass is 387 g/mol. The summed E-state index contributed by atoms with van der Waals surface area (Å²) in [5, 5.41) is 3.05. The van der Waals surface area contributed by atoms with Crippen LogP contribution in [0, 0.1) is 6.92 Å². The summed E-state index contributed by atoms with van der Waals surface area (Å²) < 4.78 is 5.47. The third-order valence-electron chi connectivity index (χ3n) is 4.35. The van der Waals surface area contributed by atoms with Crippen LogP contribution >= 0.6 is 24.2 Å². The van der Waals surface area contributed by atoms with Crippen molar-refractivity contribution in [2.24, 2.45) is 5.73 Å². The number of thioether (sulfide) groups is 1. The molecular formula is C18H30ClN3O2S. The lowest BCUT2D eigenvalue weighted by Crippen LogP contribution is -2.47. The molecule has 7 heteroatoms. The summed E-state index contributed by atoms with van der Waals surface area (Å²) in [4.78, 5) is 14.6. The maximum atomic E-state index is 12.2. The number of morpholine rings is 1. The fourth-order valence-electron chi connectivity index (χ4n) is 2.93. The highest BCUT2D eigenvalue weighted by atomic mass is 35.5. The van der Waals surface area contributed by atoms with E-state index in [-0.39, 0.29) is 24.4 Å². The van der Waals surface area contributed by atoms with Gasteiger partial charge in [0.25, 0.3) is 0 Å². The van der Waals surface area contributed by atoms with Gasteiger partial charge in [-0.05, 0) is 30.9 Å². The first-order valence-corrected chi connectivity index (χ1v) is 9.91. The van der Waals surface area contributed by atoms with Crippen molar-refractivity contribution in [3.05, 3.63) is 35.4 Å². The highest BCUT2D eigenvalue weighted by Gasteiger charge is 2.24. The van der Waals surface area contributed by atoms with Gasteiger partial charge < -0.3 is 15.8 Å². The molecule has 2 unspecified atom stereocenters. The van der Waals surface area contributed by atoms with Crippen molar-refractivity contribution in [1.82, 2.24) is 10.2 Å². The Morgan fingerprint density at radius 1 is 1.40 bits per heavy atom. The van der Waals surface area contributed by atoms with Gasteiger partial charge in [-0.1, -0.05) is 29.8 Å². The molecule has 25 heavy (non-hydrogen) atoms. The Hall–Kier alpha value is -0.790. The first-order chi connectivity index (χ1) is 11.6. The van der Waals surface area contributed by atoms with Crippen LogP contribution < -0.4 is 11.1 Å². The van der Waals surface area contributed by atoms with E-state index in [1.165, 1.54) is 11.1 Å². The zero-order valence-corrected chi connectivity index (χ0v) is 16.7. The SMILES string of the molecule is CSCCC(N)C(=O)NCC(c1cccc(C)c1)N1CCOCC1.Cl. The van der Waals surface area contributed by atoms with Crippen LogP contribution in [0.1, 0.15) is 23.6 Å². The first kappa shape index (κ1) is 22.3. The first-order valence-electron chi connectivity index (χ1n) is 8.52. The molecule has 0 spiro atoms. The van der Waals surface area contributed by atoms with Crippen LogP contribution in [0.3, 0.4) is 0 Å². The number of carbonyl (C=O) groups excluding carboxylic acids is 1. The topological polar surface area (TPSA) is 67.6 Å². The normalized spacial score (nSPS) is 17.4. The number of halogens is 1. The predicted molar refractivity (Wildman–Crippen MR) is 108 cm³/mol. The maximum Gasteiger partial charge on any atom is 0.237 e. The minimum atomic E-state index is -0.430. The van der Waals surface area contributed by atoms with Gasteiger partial charge in [-0.25, -0.2) is 0 Å². The molecule has 1 aliphatic heterocycles. The Labute approximate surface area is 161 Å². The van der Waals surface area contributed by atoms with Crippen LogP contribution in [0.2, 0.25) is 0 Å². The van der Waals surface area contributed by atoms with Gasteiger partial charge >= 0.3 is 0 Å². The summed E-state index contributed by atoms with van der Waals surface area (Å²) in [6, 6.07) is 8.22. The Balaban J connectivity index is 0.00000312. The van der Waals surface area contributed by atoms with Crippen LogP contribution in [0.15, 0.2) is 24.3 Å². The van der Waals surface area contributed by atoms with Gasteiger partial charge in [-0.15, -0.1) is 12.4 Å². The number of benzene rings is 1. The Morgan fingerprint density at radius 2 is 2.12 bits per heavy atom. The van der Waals surface area contributed by atoms with Gasteiger partial charge in [0.05, 0.1) is 25.3 Å². The summed E-state index contributed by atoms with van der Waals surface area (Å²) in [6.07, 6.45) is 2.73. The number of amides is 1. The van der Waals surface area contributed by atoms with Crippen LogP contribution in [0.25, 0.3) is 0 Å². The van der Waals surface area contributed by atoms with Crippen molar-refractivity contribution in [3.8, 4) is 0 Å². The maximum absolute atomic E-state index is 12.2. The van der Waals surface area contributed by atoms with E-state index in [1.807, 2.05) is 6.26 Å². The minimum absolute atomic E-state index is 0. The molecule has 3 N–H and O–H groups in total. The van der Waals surface area contributed by atoms with Crippen molar-refractivity contribution < 1.29 is 9.53 Å². The number of carbonyl (C=O) groups is 1. The molecule has 1 amide bonds. The van der Waals surface area contributed by atoms with Crippen molar-refractivity contribution in [2.75, 3.05) is 44.9 Å². The van der Waals surface area contributed by atoms with Gasteiger partial charge in [0.2, 0.25) is 5.91 Å². The lowest BCUT2D eigenvalue weighted by molar-refractivity contribution is -0.122. The number of ether oxygens (including phenoxy) is 1. The molecule has 1 saturated heterocycles. The third kappa shape index (κ3) is 7.15. The Morgan fingerprint density at radius 3 is 2.76 bits per heavy atom. The van der Waals surface area contributed by atoms with Crippen molar-refractivity contribution in [3.63, 3.8) is 0 Å². The fourth-order valence-corrected chi connectivity index (χ4v) is 3.42. The number of hydrogen-bond acceptors (Lipinski definition) is 5. The molecule has 1 aromatic rings. The zero-order chi connectivity index (χ0) is 17.4. The predicted octanol–water partition coefficient (Wildman–Crippen LogP) is 1.99. The summed E-state index contributed by atoms with van der Waals surface area (Å²) in [6.45, 7) is 5.92. The highest BCUT2D eigenvalue weighted by Crippen LogP contribution is 2.22. The molecule has 1 aliphatic rings. The molecule has 1 aromatic carbocycles. The van der Waals surface area contributed by atoms with Crippen LogP contribution in [0.4, 0.5) is 0 Å². The van der Waals surface area contributed by atoms with E-state index < -0.39 is 6.04 Å². The molecule has 0 aliphatic carbocycles. The van der Waals surface area contributed by atoms with E-state index >= 15 is 0 Å². The molecular weight excluding hydrogens is 358 g/mol. The minimum Gasteiger partial charge on any atom is -0.379 e. The van der Waals surface area contributed by atoms with E-state index in [0.29, 0.717) is 13.0 Å². The van der Waals surface area contributed by atoms with Gasteiger partial charge in [0, 0.05) is 19.6 Å². The second kappa shape index (κ2) is 11.8. The Bertz CT molecular complexity index is 527. The molecule has 0 bridgehead atoms. The third-order valence-corrected chi connectivity index (χ3v) is 5.00. The molecule has 5 nitrogen and oxygen atoms in total. The summed E-state index contributed by atoms with van der Waals surface area (Å²) >= 11 is 1.71. The number of nitrogens with one attached hydrogen (secondary N) is 1. The fraction of sp³-hybridized carbons (Fsp3) is 0.611. The summed E-state index contributed by atoms with van der Waals surface area (Å²) in [7, 11) is 0. The van der Waals surface area contributed by atoms with Crippen LogP contribution in [-0.4, -0.2) is 61.7 Å². The quantitative estimate of drug-likeness (QED) is 0.714. The van der Waals surface area contributed by atoms with E-state index in [0.717, 1.165) is 32.1 Å². The van der Waals surface area contributed by atoms with Crippen LogP contribution in [0.5, 0.6) is 0 Å². The van der Waals surface area contributed by atoms with Gasteiger partial charge in [0.15, 0.2) is 0 Å². The molecule has 142 valence electrons. The number of hydrogen-bond donors (Lipinski definition) is 2. The summed E-state index contributed by atoms with van der Waals surface area (Å²) in [5.41, 5.74) is 8.43. The lowest BCUT2D eigenvalue weighted by Gasteiger charge is -2.35. The van der Waals surface area contributed by atoms with E-state index in [4.69, 9.17) is 10.5 Å². The number of nitrogens with two attached hydrogens (primary N) is 1. The number of aryl methyl sites for hydroxylation is 1. The zero-order valence-electron chi connectivity index (χ0n) is 15.1. The van der Waals surface area contributed by atoms with Gasteiger partial charge in [-0.2, -0.15) is 11.8 Å². The van der Waals surface area contributed by atoms with Crippen LogP contribution in [-0.2, 0) is 9.53 Å². The van der Waals surface area contributed by atoms with E-state index in [1.54, 1.807) is 11.8 Å². The molecule has 2 rings (SSSR count). The molecule has 1 heterocycles. The average Bonchev–Trinajstić information content (AvgIpc) is 2.60. The summed E-state index contributed by atoms with van der Waals surface area (Å²) in [5.74, 6) is 0.842. The van der Waals surface area contributed by atoms with Crippen molar-refractivity contribution >= 4 is 30.1 Å². The second-order valence-electron chi connectivity index (χ2n) is 6.21. The highest BCUT2D eigenvalue weighted by molar-refractivity contribution is 7.98. The molecule has 0 aromatic heterocycles. The standard InChI is InChI=1S/C18H29N3O2S.ClH/c1-14-4-3-5-15(12-14)17(21-7-9-23-10-8-21)13-20-18(22)16(19)6-11-24-2;/h3-5,12,16-17H,6-11,13,19H2,1-2H3,(H,20,22);1H. The van der Waals surface area contributed by atoms with Gasteiger partial charge in [-0.3, -0.25) is 9.69 Å². The second-order valence-corrected chi connectivity index (χ2v) is 7.20. The smallest absolute Gasteiger partial charge is 0.237 e. The average molecular weight is 388 g/mol. The van der Waals surface area contributed by atoms with E-state index in [2.05, 4.69) is 41.4 Å². The molecule has 2 atom stereocenters. The number of nitrogens with zero attached hydrogens (tertiary/aromatic N) is 1. The van der Waals surface area contributed by atoms with E-state index in [9.17, 15) is 4.79 Å². The van der Waals surface area contributed by atoms with Crippen molar-refractivity contribution in [1.29, 1.82) is 0 Å².